The molecule has 0 amide bonds. The number of benzene rings is 1. The van der Waals surface area contributed by atoms with Crippen LogP contribution < -0.4 is 5.32 Å². The van der Waals surface area contributed by atoms with Crippen molar-refractivity contribution in [2.24, 2.45) is 0 Å². The fraction of sp³-hybridized carbons (Fsp3) is 0.286. The highest BCUT2D eigenvalue weighted by atomic mass is 16.3. The molecule has 1 unspecified atom stereocenters. The molecular weight excluding hydrogens is 198 g/mol. The van der Waals surface area contributed by atoms with Crippen LogP contribution in [0.5, 0.6) is 0 Å². The van der Waals surface area contributed by atoms with E-state index in [0.717, 1.165) is 12.2 Å². The van der Waals surface area contributed by atoms with E-state index in [1.54, 1.807) is 6.26 Å². The van der Waals surface area contributed by atoms with Crippen molar-refractivity contribution in [1.29, 1.82) is 0 Å². The molecule has 0 saturated carbocycles. The molecule has 2 rings (SSSR count). The standard InChI is InChI=1S/C14H17NO/c1-11-5-7-12(8-6-11)14(15-2)10-13-4-3-9-16-13/h3-9,14-15H,10H2,1-2H3. The SMILES string of the molecule is CNC(Cc1ccco1)c1ccc(C)cc1. The zero-order chi connectivity index (χ0) is 11.4. The van der Waals surface area contributed by atoms with Crippen LogP contribution in [0.2, 0.25) is 0 Å². The highest BCUT2D eigenvalue weighted by molar-refractivity contribution is 5.25. The van der Waals surface area contributed by atoms with Gasteiger partial charge in [-0.3, -0.25) is 0 Å². The van der Waals surface area contributed by atoms with Gasteiger partial charge in [-0.05, 0) is 31.7 Å². The Hall–Kier alpha value is -1.54. The van der Waals surface area contributed by atoms with Gasteiger partial charge in [0, 0.05) is 12.5 Å². The number of hydrogen-bond acceptors (Lipinski definition) is 2. The molecule has 0 saturated heterocycles. The van der Waals surface area contributed by atoms with Gasteiger partial charge in [-0.1, -0.05) is 29.8 Å². The van der Waals surface area contributed by atoms with Gasteiger partial charge < -0.3 is 9.73 Å². The summed E-state index contributed by atoms with van der Waals surface area (Å²) in [5, 5.41) is 3.32. The van der Waals surface area contributed by atoms with E-state index >= 15 is 0 Å². The van der Waals surface area contributed by atoms with Crippen LogP contribution in [0.4, 0.5) is 0 Å². The largest absolute Gasteiger partial charge is 0.469 e. The predicted molar refractivity (Wildman–Crippen MR) is 65.4 cm³/mol. The molecule has 0 spiro atoms. The van der Waals surface area contributed by atoms with Crippen molar-refractivity contribution >= 4 is 0 Å². The van der Waals surface area contributed by atoms with Crippen LogP contribution in [0, 0.1) is 6.92 Å². The molecule has 1 aromatic carbocycles. The van der Waals surface area contributed by atoms with Crippen molar-refractivity contribution in [1.82, 2.24) is 5.32 Å². The highest BCUT2D eigenvalue weighted by Gasteiger charge is 2.11. The lowest BCUT2D eigenvalue weighted by atomic mass is 10.0. The van der Waals surface area contributed by atoms with Crippen molar-refractivity contribution in [2.75, 3.05) is 7.05 Å². The molecule has 84 valence electrons. The summed E-state index contributed by atoms with van der Waals surface area (Å²) in [4.78, 5) is 0. The third-order valence-corrected chi connectivity index (χ3v) is 2.81. The Bertz CT molecular complexity index is 417. The summed E-state index contributed by atoms with van der Waals surface area (Å²) in [6.07, 6.45) is 2.60. The first-order valence-electron chi connectivity index (χ1n) is 5.56. The van der Waals surface area contributed by atoms with Gasteiger partial charge in [0.1, 0.15) is 5.76 Å². The second-order valence-electron chi connectivity index (χ2n) is 4.04. The van der Waals surface area contributed by atoms with E-state index in [9.17, 15) is 0 Å². The van der Waals surface area contributed by atoms with E-state index in [1.165, 1.54) is 11.1 Å². The second kappa shape index (κ2) is 4.99. The van der Waals surface area contributed by atoms with Crippen molar-refractivity contribution in [3.63, 3.8) is 0 Å². The van der Waals surface area contributed by atoms with Crippen LogP contribution in [-0.2, 0) is 6.42 Å². The third kappa shape index (κ3) is 2.52. The average molecular weight is 215 g/mol. The van der Waals surface area contributed by atoms with Crippen LogP contribution in [0.25, 0.3) is 0 Å². The number of nitrogens with one attached hydrogen (secondary N) is 1. The summed E-state index contributed by atoms with van der Waals surface area (Å²) >= 11 is 0. The summed E-state index contributed by atoms with van der Waals surface area (Å²) in [6, 6.07) is 12.9. The number of aryl methyl sites for hydroxylation is 1. The van der Waals surface area contributed by atoms with Gasteiger partial charge in [0.2, 0.25) is 0 Å². The average Bonchev–Trinajstić information content (AvgIpc) is 2.80. The zero-order valence-electron chi connectivity index (χ0n) is 9.73. The van der Waals surface area contributed by atoms with Crippen molar-refractivity contribution < 1.29 is 4.42 Å². The maximum atomic E-state index is 5.37. The van der Waals surface area contributed by atoms with Gasteiger partial charge in [-0.15, -0.1) is 0 Å². The molecule has 2 heteroatoms. The first-order chi connectivity index (χ1) is 7.79. The fourth-order valence-corrected chi connectivity index (χ4v) is 1.82. The molecule has 0 aliphatic heterocycles. The zero-order valence-corrected chi connectivity index (χ0v) is 9.73. The summed E-state index contributed by atoms with van der Waals surface area (Å²) in [5.41, 5.74) is 2.58. The monoisotopic (exact) mass is 215 g/mol. The molecule has 0 radical (unpaired) electrons. The lowest BCUT2D eigenvalue weighted by molar-refractivity contribution is 0.466. The first-order valence-corrected chi connectivity index (χ1v) is 5.56. The normalized spacial score (nSPS) is 12.6. The van der Waals surface area contributed by atoms with Crippen LogP contribution in [0.1, 0.15) is 22.9 Å². The minimum absolute atomic E-state index is 0.312. The Kier molecular flexibility index (Phi) is 3.42. The number of hydrogen-bond donors (Lipinski definition) is 1. The Morgan fingerprint density at radius 1 is 1.19 bits per heavy atom. The Labute approximate surface area is 96.3 Å². The maximum Gasteiger partial charge on any atom is 0.105 e. The van der Waals surface area contributed by atoms with Gasteiger partial charge in [-0.2, -0.15) is 0 Å². The molecule has 1 N–H and O–H groups in total. The number of rotatable bonds is 4. The predicted octanol–water partition coefficient (Wildman–Crippen LogP) is 3.09. The maximum absolute atomic E-state index is 5.37. The van der Waals surface area contributed by atoms with E-state index < -0.39 is 0 Å². The van der Waals surface area contributed by atoms with Gasteiger partial charge >= 0.3 is 0 Å². The number of furan rings is 1. The molecular formula is C14H17NO. The third-order valence-electron chi connectivity index (χ3n) is 2.81. The van der Waals surface area contributed by atoms with Gasteiger partial charge in [0.05, 0.1) is 6.26 Å². The lowest BCUT2D eigenvalue weighted by Gasteiger charge is -2.15. The van der Waals surface area contributed by atoms with Crippen LogP contribution in [0.3, 0.4) is 0 Å². The van der Waals surface area contributed by atoms with Crippen molar-refractivity contribution in [3.8, 4) is 0 Å². The Morgan fingerprint density at radius 3 is 2.50 bits per heavy atom. The highest BCUT2D eigenvalue weighted by Crippen LogP contribution is 2.18. The summed E-state index contributed by atoms with van der Waals surface area (Å²) in [5.74, 6) is 1.01. The van der Waals surface area contributed by atoms with Gasteiger partial charge in [0.15, 0.2) is 0 Å². The quantitative estimate of drug-likeness (QED) is 0.847. The molecule has 16 heavy (non-hydrogen) atoms. The minimum atomic E-state index is 0.312. The second-order valence-corrected chi connectivity index (χ2v) is 4.04. The van der Waals surface area contributed by atoms with E-state index in [2.05, 4.69) is 36.5 Å². The Balaban J connectivity index is 2.13. The Morgan fingerprint density at radius 2 is 1.94 bits per heavy atom. The van der Waals surface area contributed by atoms with Gasteiger partial charge in [-0.25, -0.2) is 0 Å². The van der Waals surface area contributed by atoms with Crippen LogP contribution in [0.15, 0.2) is 47.1 Å². The van der Waals surface area contributed by atoms with E-state index in [-0.39, 0.29) is 0 Å². The van der Waals surface area contributed by atoms with Crippen LogP contribution >= 0.6 is 0 Å². The summed E-state index contributed by atoms with van der Waals surface area (Å²) in [7, 11) is 1.98. The molecule has 0 fully saturated rings. The van der Waals surface area contributed by atoms with Crippen molar-refractivity contribution in [3.05, 3.63) is 59.5 Å². The molecule has 1 aromatic heterocycles. The van der Waals surface area contributed by atoms with E-state index in [1.807, 2.05) is 19.2 Å². The van der Waals surface area contributed by atoms with Gasteiger partial charge in [0.25, 0.3) is 0 Å². The smallest absolute Gasteiger partial charge is 0.105 e. The molecule has 1 heterocycles. The van der Waals surface area contributed by atoms with E-state index in [0.29, 0.717) is 6.04 Å². The molecule has 2 aromatic rings. The lowest BCUT2D eigenvalue weighted by Crippen LogP contribution is -2.18. The fourth-order valence-electron chi connectivity index (χ4n) is 1.82. The summed E-state index contributed by atoms with van der Waals surface area (Å²) < 4.78 is 5.37. The number of likely N-dealkylation sites (N-methyl/N-ethyl adjacent to an activating group) is 1. The first kappa shape index (κ1) is 11.0. The van der Waals surface area contributed by atoms with E-state index in [4.69, 9.17) is 4.42 Å². The van der Waals surface area contributed by atoms with Crippen molar-refractivity contribution in [2.45, 2.75) is 19.4 Å². The van der Waals surface area contributed by atoms with Crippen LogP contribution in [-0.4, -0.2) is 7.05 Å². The molecule has 0 bridgehead atoms. The molecule has 0 aliphatic rings. The molecule has 2 nitrogen and oxygen atoms in total. The molecule has 0 aliphatic carbocycles. The summed E-state index contributed by atoms with van der Waals surface area (Å²) in [6.45, 7) is 2.10. The topological polar surface area (TPSA) is 25.2 Å². The minimum Gasteiger partial charge on any atom is -0.469 e. The molecule has 1 atom stereocenters.